The summed E-state index contributed by atoms with van der Waals surface area (Å²) in [5.41, 5.74) is 13.7. The molecule has 2 aromatic heterocycles. The van der Waals surface area contributed by atoms with Gasteiger partial charge in [-0.1, -0.05) is 109 Å². The van der Waals surface area contributed by atoms with Crippen molar-refractivity contribution in [2.75, 3.05) is 0 Å². The van der Waals surface area contributed by atoms with Crippen LogP contribution >= 0.6 is 0 Å². The Morgan fingerprint density at radius 3 is 1.49 bits per heavy atom. The molecule has 1 aliphatic heterocycles. The van der Waals surface area contributed by atoms with Crippen molar-refractivity contribution in [3.63, 3.8) is 0 Å². The molecule has 59 heavy (non-hydrogen) atoms. The first-order chi connectivity index (χ1) is 29.2. The van der Waals surface area contributed by atoms with E-state index in [9.17, 15) is 5.26 Å². The number of nitriles is 1. The van der Waals surface area contributed by atoms with E-state index in [1.54, 1.807) is 0 Å². The van der Waals surface area contributed by atoms with Crippen LogP contribution < -0.4 is 4.74 Å². The molecule has 4 heteroatoms. The van der Waals surface area contributed by atoms with Crippen LogP contribution in [0, 0.1) is 11.3 Å². The molecule has 0 saturated carbocycles. The number of nitrogens with zero attached hydrogens (tertiary/aromatic N) is 3. The fourth-order valence-electron chi connectivity index (χ4n) is 9.23. The fraction of sp³-hybridized carbons (Fsp3) is 0. The lowest BCUT2D eigenvalue weighted by molar-refractivity contribution is 0.487. The van der Waals surface area contributed by atoms with Crippen LogP contribution in [-0.2, 0) is 0 Å². The predicted octanol–water partition coefficient (Wildman–Crippen LogP) is 14.5. The Hall–Kier alpha value is -8.13. The largest absolute Gasteiger partial charge is 0.456 e. The molecule has 3 heterocycles. The highest BCUT2D eigenvalue weighted by atomic mass is 16.5. The van der Waals surface area contributed by atoms with Gasteiger partial charge in [-0.3, -0.25) is 9.97 Å². The lowest BCUT2D eigenvalue weighted by Crippen LogP contribution is -1.98. The van der Waals surface area contributed by atoms with Crippen molar-refractivity contribution in [2.24, 2.45) is 0 Å². The summed E-state index contributed by atoms with van der Waals surface area (Å²) < 4.78 is 6.37. The van der Waals surface area contributed by atoms with E-state index in [0.717, 1.165) is 72.6 Å². The van der Waals surface area contributed by atoms with E-state index in [2.05, 4.69) is 127 Å². The normalized spacial score (nSPS) is 11.8. The van der Waals surface area contributed by atoms with Crippen LogP contribution in [0.25, 0.3) is 110 Å². The Labute approximate surface area is 340 Å². The van der Waals surface area contributed by atoms with Crippen molar-refractivity contribution < 1.29 is 4.74 Å². The second-order valence-electron chi connectivity index (χ2n) is 15.2. The molecule has 0 radical (unpaired) electrons. The van der Waals surface area contributed by atoms with Gasteiger partial charge in [-0.15, -0.1) is 0 Å². The van der Waals surface area contributed by atoms with Gasteiger partial charge in [0.1, 0.15) is 11.5 Å². The summed E-state index contributed by atoms with van der Waals surface area (Å²) in [6.45, 7) is 0. The number of benzene rings is 9. The lowest BCUT2D eigenvalue weighted by Gasteiger charge is -2.22. The Morgan fingerprint density at radius 1 is 0.373 bits per heavy atom. The highest BCUT2D eigenvalue weighted by Gasteiger charge is 2.22. The van der Waals surface area contributed by atoms with Crippen molar-refractivity contribution in [2.45, 2.75) is 0 Å². The molecule has 0 fully saturated rings. The summed E-state index contributed by atoms with van der Waals surface area (Å²) in [6.07, 6.45) is 3.70. The predicted molar refractivity (Wildman–Crippen MR) is 241 cm³/mol. The topological polar surface area (TPSA) is 58.8 Å². The van der Waals surface area contributed by atoms with Gasteiger partial charge < -0.3 is 4.74 Å². The van der Waals surface area contributed by atoms with Crippen LogP contribution in [0.2, 0.25) is 0 Å². The van der Waals surface area contributed by atoms with Gasteiger partial charge >= 0.3 is 0 Å². The zero-order valence-corrected chi connectivity index (χ0v) is 31.6. The molecule has 0 bridgehead atoms. The molecule has 0 aliphatic carbocycles. The molecule has 0 spiro atoms. The zero-order valence-electron chi connectivity index (χ0n) is 31.6. The average molecular weight is 750 g/mol. The Morgan fingerprint density at radius 2 is 0.898 bits per heavy atom. The van der Waals surface area contributed by atoms with E-state index in [0.29, 0.717) is 5.56 Å². The van der Waals surface area contributed by atoms with Gasteiger partial charge in [0.05, 0.1) is 23.0 Å². The molecule has 4 nitrogen and oxygen atoms in total. The first-order valence-electron chi connectivity index (χ1n) is 19.8. The third-order valence-corrected chi connectivity index (χ3v) is 12.0. The molecule has 0 amide bonds. The van der Waals surface area contributed by atoms with Gasteiger partial charge in [-0.25, -0.2) is 0 Å². The molecular weight excluding hydrogens is 719 g/mol. The maximum atomic E-state index is 9.48. The Balaban J connectivity index is 0.973. The number of ether oxygens (including phenoxy) is 1. The van der Waals surface area contributed by atoms with Gasteiger partial charge in [0, 0.05) is 34.5 Å². The molecule has 9 aromatic carbocycles. The van der Waals surface area contributed by atoms with Crippen molar-refractivity contribution in [3.05, 3.63) is 194 Å². The number of fused-ring (bicyclic) bond motifs is 2. The number of rotatable bonds is 5. The van der Waals surface area contributed by atoms with Gasteiger partial charge in [-0.05, 0) is 143 Å². The van der Waals surface area contributed by atoms with Gasteiger partial charge in [0.25, 0.3) is 0 Å². The van der Waals surface area contributed by atoms with Crippen molar-refractivity contribution in [1.82, 2.24) is 9.97 Å². The summed E-state index contributed by atoms with van der Waals surface area (Å²) in [5, 5.41) is 19.2. The highest BCUT2D eigenvalue weighted by Crippen LogP contribution is 2.49. The SMILES string of the molecule is N#Cc1ccc2c(c1)Oc1cccc3c(-c4ccc(-c5ccc6ccc7c(-c8cc(-c9ccccn9)cc(-c9ccccn9)c8)ccc8ccc5c6c87)cc4)ccc-2c13. The quantitative estimate of drug-likeness (QED) is 0.164. The van der Waals surface area contributed by atoms with E-state index in [-0.39, 0.29) is 0 Å². The van der Waals surface area contributed by atoms with Crippen LogP contribution in [0.3, 0.4) is 0 Å². The van der Waals surface area contributed by atoms with Crippen LogP contribution in [0.1, 0.15) is 5.56 Å². The number of aromatic nitrogens is 2. The zero-order chi connectivity index (χ0) is 39.0. The lowest BCUT2D eigenvalue weighted by atomic mass is 9.86. The first kappa shape index (κ1) is 33.1. The molecule has 12 rings (SSSR count). The molecule has 11 aromatic rings. The Kier molecular flexibility index (Phi) is 7.26. The van der Waals surface area contributed by atoms with Crippen LogP contribution in [0.5, 0.6) is 11.5 Å². The summed E-state index contributed by atoms with van der Waals surface area (Å²) >= 11 is 0. The minimum atomic E-state index is 0.587. The molecule has 272 valence electrons. The maximum Gasteiger partial charge on any atom is 0.136 e. The van der Waals surface area contributed by atoms with Crippen molar-refractivity contribution >= 4 is 43.1 Å². The summed E-state index contributed by atoms with van der Waals surface area (Å²) in [5.74, 6) is 1.53. The average Bonchev–Trinajstić information content (AvgIpc) is 3.31. The summed E-state index contributed by atoms with van der Waals surface area (Å²) in [7, 11) is 0. The number of hydrogen-bond acceptors (Lipinski definition) is 4. The summed E-state index contributed by atoms with van der Waals surface area (Å²) in [6, 6.07) is 64.5. The van der Waals surface area contributed by atoms with Crippen LogP contribution in [0.15, 0.2) is 188 Å². The number of hydrogen-bond donors (Lipinski definition) is 0. The van der Waals surface area contributed by atoms with E-state index in [1.165, 1.54) is 49.0 Å². The minimum absolute atomic E-state index is 0.587. The molecule has 0 unspecified atom stereocenters. The van der Waals surface area contributed by atoms with E-state index in [4.69, 9.17) is 14.7 Å². The van der Waals surface area contributed by atoms with Crippen molar-refractivity contribution in [1.29, 1.82) is 5.26 Å². The van der Waals surface area contributed by atoms with Gasteiger partial charge in [0.2, 0.25) is 0 Å². The smallest absolute Gasteiger partial charge is 0.136 e. The fourth-order valence-corrected chi connectivity index (χ4v) is 9.23. The first-order valence-corrected chi connectivity index (χ1v) is 19.8. The highest BCUT2D eigenvalue weighted by molar-refractivity contribution is 6.27. The number of pyridine rings is 2. The minimum Gasteiger partial charge on any atom is -0.456 e. The van der Waals surface area contributed by atoms with Crippen LogP contribution in [-0.4, -0.2) is 9.97 Å². The van der Waals surface area contributed by atoms with E-state index >= 15 is 0 Å². The maximum absolute atomic E-state index is 9.48. The monoisotopic (exact) mass is 749 g/mol. The molecule has 1 aliphatic rings. The molecule has 0 N–H and O–H groups in total. The third kappa shape index (κ3) is 5.23. The molecular formula is C55H31N3O. The third-order valence-electron chi connectivity index (χ3n) is 12.0. The molecule has 0 saturated heterocycles. The standard InChI is InChI=1S/C55H31N3O/c56-32-33-10-19-44-48-25-24-42(45-6-5-9-51(55(45)48)59-52(44)28-33)35-13-11-34(12-14-35)41-20-15-36-18-23-47-43(21-16-37-17-22-46(41)53(36)54(37)47)38-29-39(49-7-1-3-26-57-49)31-40(30-38)50-8-2-4-27-58-50/h1-31H. The van der Waals surface area contributed by atoms with E-state index in [1.807, 2.05) is 67.0 Å². The molecule has 0 atom stereocenters. The van der Waals surface area contributed by atoms with Gasteiger partial charge in [0.15, 0.2) is 0 Å². The Bertz CT molecular complexity index is 3460. The van der Waals surface area contributed by atoms with Crippen LogP contribution in [0.4, 0.5) is 0 Å². The van der Waals surface area contributed by atoms with Crippen molar-refractivity contribution in [3.8, 4) is 84.6 Å². The van der Waals surface area contributed by atoms with E-state index < -0.39 is 0 Å². The van der Waals surface area contributed by atoms with Gasteiger partial charge in [-0.2, -0.15) is 5.26 Å². The second kappa shape index (κ2) is 13.0. The summed E-state index contributed by atoms with van der Waals surface area (Å²) in [4.78, 5) is 9.43. The second-order valence-corrected chi connectivity index (χ2v) is 15.2.